The number of amides is 1. The summed E-state index contributed by atoms with van der Waals surface area (Å²) in [6.07, 6.45) is 1.20. The minimum atomic E-state index is -1.05. The molecule has 1 aromatic heterocycles. The summed E-state index contributed by atoms with van der Waals surface area (Å²) >= 11 is 5.83. The van der Waals surface area contributed by atoms with E-state index in [-0.39, 0.29) is 25.4 Å². The number of carboxylic acids is 1. The average molecular weight is 352 g/mol. The fourth-order valence-corrected chi connectivity index (χ4v) is 2.32. The molecule has 24 heavy (non-hydrogen) atoms. The van der Waals surface area contributed by atoms with Crippen LogP contribution in [0, 0.1) is 6.92 Å². The average Bonchev–Trinajstić information content (AvgIpc) is 2.93. The molecule has 0 aliphatic heterocycles. The van der Waals surface area contributed by atoms with Crippen LogP contribution in [0.2, 0.25) is 5.02 Å². The van der Waals surface area contributed by atoms with E-state index >= 15 is 0 Å². The van der Waals surface area contributed by atoms with Crippen LogP contribution in [-0.4, -0.2) is 38.6 Å². The van der Waals surface area contributed by atoms with Crippen LogP contribution in [-0.2, 0) is 22.6 Å². The molecule has 0 saturated heterocycles. The van der Waals surface area contributed by atoms with Crippen LogP contribution in [0.15, 0.2) is 28.8 Å². The van der Waals surface area contributed by atoms with Crippen LogP contribution in [0.1, 0.15) is 30.1 Å². The number of benzene rings is 1. The minimum absolute atomic E-state index is 0.211. The van der Waals surface area contributed by atoms with E-state index in [2.05, 4.69) is 10.1 Å². The van der Waals surface area contributed by atoms with Crippen molar-refractivity contribution in [2.24, 2.45) is 0 Å². The molecule has 0 saturated carbocycles. The van der Waals surface area contributed by atoms with Gasteiger partial charge in [-0.05, 0) is 31.0 Å². The Hall–Kier alpha value is -2.41. The number of carbonyl (C=O) groups is 2. The molecule has 0 radical (unpaired) electrons. The molecule has 0 atom stereocenters. The molecular weight excluding hydrogens is 334 g/mol. The van der Waals surface area contributed by atoms with E-state index in [1.807, 2.05) is 0 Å². The summed E-state index contributed by atoms with van der Waals surface area (Å²) in [5.41, 5.74) is 0.821. The maximum absolute atomic E-state index is 12.3. The van der Waals surface area contributed by atoms with Gasteiger partial charge in [-0.3, -0.25) is 9.59 Å². The molecule has 2 rings (SSSR count). The second-order valence-electron chi connectivity index (χ2n) is 5.36. The Morgan fingerprint density at radius 1 is 1.29 bits per heavy atom. The number of aliphatic carboxylic acids is 1. The van der Waals surface area contributed by atoms with Gasteiger partial charge in [-0.15, -0.1) is 0 Å². The van der Waals surface area contributed by atoms with Crippen molar-refractivity contribution in [2.45, 2.75) is 32.7 Å². The summed E-state index contributed by atoms with van der Waals surface area (Å²) in [5, 5.41) is 13.3. The van der Waals surface area contributed by atoms with Crippen LogP contribution in [0.25, 0.3) is 0 Å². The Bertz CT molecular complexity index is 700. The lowest BCUT2D eigenvalue weighted by Crippen LogP contribution is -2.35. The number of aryl methyl sites for hydroxylation is 2. The van der Waals surface area contributed by atoms with Gasteiger partial charge in [-0.25, -0.2) is 0 Å². The van der Waals surface area contributed by atoms with Gasteiger partial charge in [0.2, 0.25) is 11.8 Å². The van der Waals surface area contributed by atoms with Crippen LogP contribution in [0.4, 0.5) is 0 Å². The standard InChI is InChI=1S/C16H18ClN3O4/c1-11-18-14(24-19-11)3-2-4-15(21)20(10-16(22)23)9-12-5-7-13(17)8-6-12/h5-8H,2-4,9-10H2,1H3,(H,22,23). The fraction of sp³-hybridized carbons (Fsp3) is 0.375. The van der Waals surface area contributed by atoms with E-state index < -0.39 is 5.97 Å². The Morgan fingerprint density at radius 3 is 2.58 bits per heavy atom. The summed E-state index contributed by atoms with van der Waals surface area (Å²) in [6, 6.07) is 6.95. The third-order valence-corrected chi connectivity index (χ3v) is 3.57. The first-order chi connectivity index (χ1) is 11.4. The van der Waals surface area contributed by atoms with Gasteiger partial charge < -0.3 is 14.5 Å². The molecule has 1 amide bonds. The summed E-state index contributed by atoms with van der Waals surface area (Å²) < 4.78 is 4.99. The second kappa shape index (κ2) is 8.44. The number of aromatic nitrogens is 2. The Labute approximate surface area is 144 Å². The number of carboxylic acid groups (broad SMARTS) is 1. The van der Waals surface area contributed by atoms with Gasteiger partial charge >= 0.3 is 5.97 Å². The van der Waals surface area contributed by atoms with E-state index in [9.17, 15) is 9.59 Å². The van der Waals surface area contributed by atoms with Crippen LogP contribution >= 0.6 is 11.6 Å². The maximum Gasteiger partial charge on any atom is 0.323 e. The normalized spacial score (nSPS) is 10.6. The van der Waals surface area contributed by atoms with Crippen molar-refractivity contribution in [2.75, 3.05) is 6.54 Å². The molecule has 0 fully saturated rings. The Balaban J connectivity index is 1.91. The molecule has 0 unspecified atom stereocenters. The molecule has 0 aliphatic rings. The SMILES string of the molecule is Cc1noc(CCCC(=O)N(CC(=O)O)Cc2ccc(Cl)cc2)n1. The molecule has 0 spiro atoms. The quantitative estimate of drug-likeness (QED) is 0.784. The van der Waals surface area contributed by atoms with Gasteiger partial charge in [-0.1, -0.05) is 28.9 Å². The van der Waals surface area contributed by atoms with Crippen LogP contribution in [0.5, 0.6) is 0 Å². The third-order valence-electron chi connectivity index (χ3n) is 3.32. The minimum Gasteiger partial charge on any atom is -0.480 e. The summed E-state index contributed by atoms with van der Waals surface area (Å²) in [6.45, 7) is 1.60. The van der Waals surface area contributed by atoms with Crippen molar-refractivity contribution >= 4 is 23.5 Å². The highest BCUT2D eigenvalue weighted by atomic mass is 35.5. The molecule has 1 aromatic carbocycles. The topological polar surface area (TPSA) is 96.5 Å². The van der Waals surface area contributed by atoms with Gasteiger partial charge in [0.05, 0.1) is 0 Å². The molecule has 7 nitrogen and oxygen atoms in total. The Morgan fingerprint density at radius 2 is 2.00 bits per heavy atom. The van der Waals surface area contributed by atoms with Crippen LogP contribution in [0.3, 0.4) is 0 Å². The molecule has 1 N–H and O–H groups in total. The number of rotatable bonds is 8. The number of nitrogens with zero attached hydrogens (tertiary/aromatic N) is 3. The zero-order valence-electron chi connectivity index (χ0n) is 13.2. The smallest absolute Gasteiger partial charge is 0.323 e. The van der Waals surface area contributed by atoms with Gasteiger partial charge in [0, 0.05) is 24.4 Å². The summed E-state index contributed by atoms with van der Waals surface area (Å²) in [5.74, 6) is -0.261. The molecule has 0 bridgehead atoms. The maximum atomic E-state index is 12.3. The molecular formula is C16H18ClN3O4. The van der Waals surface area contributed by atoms with Gasteiger partial charge in [0.25, 0.3) is 0 Å². The van der Waals surface area contributed by atoms with Crippen molar-refractivity contribution in [1.82, 2.24) is 15.0 Å². The lowest BCUT2D eigenvalue weighted by Gasteiger charge is -2.21. The fourth-order valence-electron chi connectivity index (χ4n) is 2.20. The van der Waals surface area contributed by atoms with Crippen molar-refractivity contribution in [3.05, 3.63) is 46.6 Å². The highest BCUT2D eigenvalue weighted by molar-refractivity contribution is 6.30. The van der Waals surface area contributed by atoms with E-state index in [0.29, 0.717) is 29.6 Å². The van der Waals surface area contributed by atoms with Crippen molar-refractivity contribution < 1.29 is 19.2 Å². The number of hydrogen-bond donors (Lipinski definition) is 1. The van der Waals surface area contributed by atoms with Gasteiger partial charge in [-0.2, -0.15) is 4.98 Å². The monoisotopic (exact) mass is 351 g/mol. The summed E-state index contributed by atoms with van der Waals surface area (Å²) in [4.78, 5) is 28.7. The highest BCUT2D eigenvalue weighted by Gasteiger charge is 2.17. The first kappa shape index (κ1) is 17.9. The van der Waals surface area contributed by atoms with E-state index in [1.165, 1.54) is 4.90 Å². The zero-order chi connectivity index (χ0) is 17.5. The van der Waals surface area contributed by atoms with Crippen molar-refractivity contribution in [3.8, 4) is 0 Å². The summed E-state index contributed by atoms with van der Waals surface area (Å²) in [7, 11) is 0. The third kappa shape index (κ3) is 5.66. The lowest BCUT2D eigenvalue weighted by atomic mass is 10.1. The van der Waals surface area contributed by atoms with Crippen molar-refractivity contribution in [3.63, 3.8) is 0 Å². The van der Waals surface area contributed by atoms with Gasteiger partial charge in [0.1, 0.15) is 6.54 Å². The van der Waals surface area contributed by atoms with Gasteiger partial charge in [0.15, 0.2) is 5.82 Å². The molecule has 8 heteroatoms. The van der Waals surface area contributed by atoms with Crippen molar-refractivity contribution in [1.29, 1.82) is 0 Å². The van der Waals surface area contributed by atoms with E-state index in [1.54, 1.807) is 31.2 Å². The predicted molar refractivity (Wildman–Crippen MR) is 86.5 cm³/mol. The predicted octanol–water partition coefficient (Wildman–Crippen LogP) is 2.47. The number of halogens is 1. The Kier molecular flexibility index (Phi) is 6.31. The molecule has 1 heterocycles. The largest absolute Gasteiger partial charge is 0.480 e. The first-order valence-corrected chi connectivity index (χ1v) is 7.85. The molecule has 2 aromatic rings. The van der Waals surface area contributed by atoms with E-state index in [0.717, 1.165) is 5.56 Å². The number of carbonyl (C=O) groups excluding carboxylic acids is 1. The number of hydrogen-bond acceptors (Lipinski definition) is 5. The first-order valence-electron chi connectivity index (χ1n) is 7.47. The zero-order valence-corrected chi connectivity index (χ0v) is 14.0. The van der Waals surface area contributed by atoms with E-state index in [4.69, 9.17) is 21.2 Å². The van der Waals surface area contributed by atoms with Crippen LogP contribution < -0.4 is 0 Å². The lowest BCUT2D eigenvalue weighted by molar-refractivity contribution is -0.145. The highest BCUT2D eigenvalue weighted by Crippen LogP contribution is 2.13. The molecule has 128 valence electrons. The second-order valence-corrected chi connectivity index (χ2v) is 5.80. The molecule has 0 aliphatic carbocycles.